The minimum absolute atomic E-state index is 0.0157. The molecule has 3 fully saturated rings. The number of nitrogens with zero attached hydrogens (tertiary/aromatic N) is 2. The molecule has 4 N–H and O–H groups in total. The van der Waals surface area contributed by atoms with Crippen molar-refractivity contribution < 1.29 is 38.4 Å². The number of hydrogen-bond donors (Lipinski definition) is 4. The summed E-state index contributed by atoms with van der Waals surface area (Å²) in [6, 6.07) is 21.3. The number of ether oxygens (including phenoxy) is 4. The standard InChI is InChI=1S/C44H59N5O8/c1-7-31(8-2)55-43(53)47-39(44(4,5)6)40(51)48-49(24-29-17-19-30(20-18-29)34-16-12-13-21-45-34)25-36(50)35(22-28-14-10-9-11-15-28)46-42(52)57-38-33-26-54-41-32(27(33)3)23-37(38)56-41/h9-21,27,31-33,35-39,41,50H,7-8,22-26H2,1-6H3,(H,46,52)(H,47,53)(H,48,51)/t27-,32?,33?,35+,36+,37?,38?,39-,41?/m1/s1. The van der Waals surface area contributed by atoms with Gasteiger partial charge in [-0.05, 0) is 60.3 Å². The molecule has 3 heterocycles. The van der Waals surface area contributed by atoms with Crippen LogP contribution in [-0.4, -0.2) is 89.1 Å². The highest BCUT2D eigenvalue weighted by Gasteiger charge is 2.57. The van der Waals surface area contributed by atoms with Crippen LogP contribution in [0.3, 0.4) is 0 Å². The van der Waals surface area contributed by atoms with Crippen molar-refractivity contribution in [3.63, 3.8) is 0 Å². The summed E-state index contributed by atoms with van der Waals surface area (Å²) < 4.78 is 23.7. The summed E-state index contributed by atoms with van der Waals surface area (Å²) in [6.45, 7) is 12.2. The van der Waals surface area contributed by atoms with Crippen LogP contribution in [-0.2, 0) is 36.7 Å². The second kappa shape index (κ2) is 18.8. The Morgan fingerprint density at radius 1 is 0.930 bits per heavy atom. The Labute approximate surface area is 336 Å². The van der Waals surface area contributed by atoms with E-state index in [2.05, 4.69) is 28.0 Å². The molecule has 9 atom stereocenters. The lowest BCUT2D eigenvalue weighted by molar-refractivity contribution is -0.167. The zero-order valence-electron chi connectivity index (χ0n) is 33.9. The molecule has 308 valence electrons. The van der Waals surface area contributed by atoms with Gasteiger partial charge in [-0.15, -0.1) is 0 Å². The first-order valence-corrected chi connectivity index (χ1v) is 20.3. The average molecular weight is 786 g/mol. The number of hydrazine groups is 1. The monoisotopic (exact) mass is 785 g/mol. The van der Waals surface area contributed by atoms with E-state index < -0.39 is 47.8 Å². The van der Waals surface area contributed by atoms with Gasteiger partial charge in [-0.1, -0.05) is 102 Å². The summed E-state index contributed by atoms with van der Waals surface area (Å²) >= 11 is 0. The maximum absolute atomic E-state index is 14.2. The third kappa shape index (κ3) is 10.7. The van der Waals surface area contributed by atoms with Gasteiger partial charge in [-0.25, -0.2) is 14.6 Å². The van der Waals surface area contributed by atoms with Crippen molar-refractivity contribution >= 4 is 18.1 Å². The third-order valence-electron chi connectivity index (χ3n) is 11.6. The quantitative estimate of drug-likeness (QED) is 0.127. The van der Waals surface area contributed by atoms with Gasteiger partial charge in [-0.3, -0.25) is 15.2 Å². The van der Waals surface area contributed by atoms with Gasteiger partial charge in [0.2, 0.25) is 0 Å². The van der Waals surface area contributed by atoms with Gasteiger partial charge in [0.25, 0.3) is 5.91 Å². The SMILES string of the molecule is CCC(CC)OC(=O)N[C@H](C(=O)NN(Cc1ccc(-c2ccccn2)cc1)C[C@H](O)[C@H](Cc1ccccc1)NC(=O)OC1C2CC3C(OCC1[C@@H]3C)O2)C(C)(C)C. The van der Waals surface area contributed by atoms with Crippen LogP contribution in [0.25, 0.3) is 11.3 Å². The van der Waals surface area contributed by atoms with E-state index in [9.17, 15) is 19.5 Å². The Hall–Kier alpha value is -4.56. The predicted molar refractivity (Wildman–Crippen MR) is 214 cm³/mol. The zero-order chi connectivity index (χ0) is 40.7. The Balaban J connectivity index is 1.22. The molecule has 1 saturated carbocycles. The van der Waals surface area contributed by atoms with Crippen LogP contribution in [0.2, 0.25) is 0 Å². The molecule has 2 aromatic carbocycles. The summed E-state index contributed by atoms with van der Waals surface area (Å²) in [4.78, 5) is 45.3. The van der Waals surface area contributed by atoms with Crippen LogP contribution in [0.15, 0.2) is 79.0 Å². The number of aromatic nitrogens is 1. The molecule has 3 amide bonds. The number of fused-ring (bicyclic) bond motifs is 2. The van der Waals surface area contributed by atoms with Gasteiger partial charge in [0.15, 0.2) is 6.29 Å². The number of aliphatic hydroxyl groups excluding tert-OH is 1. The topological polar surface area (TPSA) is 161 Å². The highest BCUT2D eigenvalue weighted by Crippen LogP contribution is 2.50. The summed E-state index contributed by atoms with van der Waals surface area (Å²) in [5.74, 6) is 0.114. The predicted octanol–water partition coefficient (Wildman–Crippen LogP) is 6.01. The summed E-state index contributed by atoms with van der Waals surface area (Å²) in [5.41, 5.74) is 5.80. The lowest BCUT2D eigenvalue weighted by atomic mass is 9.70. The van der Waals surface area contributed by atoms with Gasteiger partial charge < -0.3 is 34.7 Å². The minimum atomic E-state index is -1.18. The Kier molecular flexibility index (Phi) is 13.9. The van der Waals surface area contributed by atoms with E-state index in [1.165, 1.54) is 0 Å². The van der Waals surface area contributed by atoms with Crippen LogP contribution in [0, 0.1) is 23.2 Å². The number of nitrogens with one attached hydrogen (secondary N) is 3. The Morgan fingerprint density at radius 2 is 1.65 bits per heavy atom. The van der Waals surface area contributed by atoms with E-state index in [-0.39, 0.29) is 43.4 Å². The van der Waals surface area contributed by atoms with Crippen molar-refractivity contribution in [3.8, 4) is 11.3 Å². The highest BCUT2D eigenvalue weighted by atomic mass is 16.7. The lowest BCUT2D eigenvalue weighted by Gasteiger charge is -2.42. The van der Waals surface area contributed by atoms with Crippen molar-refractivity contribution in [2.24, 2.45) is 23.2 Å². The molecule has 3 aromatic rings. The number of pyridine rings is 1. The van der Waals surface area contributed by atoms with E-state index in [0.717, 1.165) is 28.8 Å². The zero-order valence-corrected chi connectivity index (χ0v) is 33.9. The molecule has 3 aliphatic rings. The van der Waals surface area contributed by atoms with Gasteiger partial charge in [0, 0.05) is 36.7 Å². The number of hydrogen-bond acceptors (Lipinski definition) is 10. The molecule has 6 rings (SSSR count). The van der Waals surface area contributed by atoms with Crippen LogP contribution < -0.4 is 16.1 Å². The van der Waals surface area contributed by atoms with Gasteiger partial charge in [0.05, 0.1) is 30.6 Å². The van der Waals surface area contributed by atoms with Crippen molar-refractivity contribution in [2.75, 3.05) is 13.2 Å². The second-order valence-corrected chi connectivity index (χ2v) is 16.7. The van der Waals surface area contributed by atoms with Gasteiger partial charge in [-0.2, -0.15) is 0 Å². The van der Waals surface area contributed by atoms with E-state index in [1.807, 2.05) is 107 Å². The molecule has 2 saturated heterocycles. The molecule has 0 spiro atoms. The van der Waals surface area contributed by atoms with E-state index in [4.69, 9.17) is 18.9 Å². The second-order valence-electron chi connectivity index (χ2n) is 16.7. The van der Waals surface area contributed by atoms with Gasteiger partial charge >= 0.3 is 12.2 Å². The number of benzene rings is 2. The van der Waals surface area contributed by atoms with E-state index in [1.54, 1.807) is 11.2 Å². The Morgan fingerprint density at radius 3 is 2.32 bits per heavy atom. The molecule has 13 heteroatoms. The van der Waals surface area contributed by atoms with Crippen molar-refractivity contribution in [3.05, 3.63) is 90.1 Å². The smallest absolute Gasteiger partial charge is 0.408 e. The van der Waals surface area contributed by atoms with Crippen LogP contribution in [0.5, 0.6) is 0 Å². The largest absolute Gasteiger partial charge is 0.446 e. The van der Waals surface area contributed by atoms with Crippen LogP contribution in [0.4, 0.5) is 9.59 Å². The van der Waals surface area contributed by atoms with Crippen molar-refractivity contribution in [1.29, 1.82) is 0 Å². The van der Waals surface area contributed by atoms with E-state index >= 15 is 0 Å². The number of aliphatic hydroxyl groups is 1. The van der Waals surface area contributed by atoms with Crippen LogP contribution in [0.1, 0.15) is 71.9 Å². The number of carbonyl (C=O) groups excluding carboxylic acids is 3. The van der Waals surface area contributed by atoms with E-state index in [0.29, 0.717) is 31.8 Å². The van der Waals surface area contributed by atoms with Crippen LogP contribution >= 0.6 is 0 Å². The molecule has 2 aliphatic heterocycles. The summed E-state index contributed by atoms with van der Waals surface area (Å²) in [5, 5.41) is 19.4. The summed E-state index contributed by atoms with van der Waals surface area (Å²) in [7, 11) is 0. The normalized spacial score (nSPS) is 24.1. The number of alkyl carbamates (subject to hydrolysis) is 2. The maximum atomic E-state index is 14.2. The fourth-order valence-corrected chi connectivity index (χ4v) is 8.21. The first-order valence-electron chi connectivity index (χ1n) is 20.3. The van der Waals surface area contributed by atoms with Crippen molar-refractivity contribution in [1.82, 2.24) is 26.1 Å². The Bertz CT molecular complexity index is 1770. The fraction of sp³-hybridized carbons (Fsp3) is 0.545. The average Bonchev–Trinajstić information content (AvgIpc) is 3.52. The maximum Gasteiger partial charge on any atom is 0.408 e. The molecule has 1 aromatic heterocycles. The molecule has 5 unspecified atom stereocenters. The number of carbonyl (C=O) groups is 3. The summed E-state index contributed by atoms with van der Waals surface area (Å²) in [6.07, 6.45) is 0.353. The first-order chi connectivity index (χ1) is 27.3. The number of rotatable bonds is 16. The lowest BCUT2D eigenvalue weighted by Crippen LogP contribution is -2.59. The molecular formula is C44H59N5O8. The molecule has 13 nitrogen and oxygen atoms in total. The number of amides is 3. The molecule has 3 bridgehead atoms. The molecular weight excluding hydrogens is 727 g/mol. The minimum Gasteiger partial charge on any atom is -0.446 e. The molecule has 57 heavy (non-hydrogen) atoms. The highest BCUT2D eigenvalue weighted by molar-refractivity contribution is 5.86. The third-order valence-corrected chi connectivity index (χ3v) is 11.6. The fourth-order valence-electron chi connectivity index (χ4n) is 8.21. The molecule has 0 radical (unpaired) electrons. The molecule has 1 aliphatic carbocycles. The first kappa shape index (κ1) is 42.1. The van der Waals surface area contributed by atoms with Gasteiger partial charge in [0.1, 0.15) is 18.2 Å². The van der Waals surface area contributed by atoms with Crippen molar-refractivity contribution in [2.45, 2.75) is 117 Å².